The highest BCUT2D eigenvalue weighted by molar-refractivity contribution is 7.21. The Hall–Kier alpha value is -3.05. The summed E-state index contributed by atoms with van der Waals surface area (Å²) in [5.41, 5.74) is 0.276. The van der Waals surface area contributed by atoms with Crippen molar-refractivity contribution in [1.29, 1.82) is 0 Å². The highest BCUT2D eigenvalue weighted by Crippen LogP contribution is 2.37. The van der Waals surface area contributed by atoms with E-state index < -0.39 is 29.4 Å². The first-order chi connectivity index (χ1) is 16.7. The predicted octanol–water partition coefficient (Wildman–Crippen LogP) is 6.10. The van der Waals surface area contributed by atoms with Gasteiger partial charge in [0.15, 0.2) is 5.78 Å². The Morgan fingerprint density at radius 1 is 1.11 bits per heavy atom. The summed E-state index contributed by atoms with van der Waals surface area (Å²) in [6.07, 6.45) is 0.311. The third-order valence-electron chi connectivity index (χ3n) is 4.83. The smallest absolute Gasteiger partial charge is 0.415 e. The van der Waals surface area contributed by atoms with Crippen LogP contribution in [0.1, 0.15) is 68.6 Å². The Labute approximate surface area is 218 Å². The molecule has 11 heteroatoms. The zero-order valence-electron chi connectivity index (χ0n) is 21.8. The van der Waals surface area contributed by atoms with Gasteiger partial charge in [0, 0.05) is 4.88 Å². The van der Waals surface area contributed by atoms with Crippen LogP contribution < -0.4 is 10.2 Å². The molecule has 0 spiro atoms. The summed E-state index contributed by atoms with van der Waals surface area (Å²) < 4.78 is 11.6. The number of aryl methyl sites for hydroxylation is 1. The summed E-state index contributed by atoms with van der Waals surface area (Å²) in [5.74, 6) is -0.283. The zero-order valence-corrected chi connectivity index (χ0v) is 23.4. The standard InChI is InChI=1S/C25H32N4O5S2/c1-14-18-21(36-20(14)19(30)15(2)27-22(31)33-24(3,4)5)17(12-26-28-18)29(13-16-10-9-11-35-16)23(32)34-25(6,7)8/h9-12,15H,13H2,1-8H3,(H,27,31)/t15-/m0/s1. The number of amides is 2. The summed E-state index contributed by atoms with van der Waals surface area (Å²) in [6.45, 7) is 14.3. The van der Waals surface area contributed by atoms with E-state index in [1.165, 1.54) is 33.8 Å². The van der Waals surface area contributed by atoms with E-state index in [9.17, 15) is 14.4 Å². The van der Waals surface area contributed by atoms with E-state index in [0.717, 1.165) is 4.88 Å². The lowest BCUT2D eigenvalue weighted by molar-refractivity contribution is 0.0496. The number of fused-ring (bicyclic) bond motifs is 1. The number of carbonyl (C=O) groups is 3. The molecule has 0 radical (unpaired) electrons. The van der Waals surface area contributed by atoms with Crippen LogP contribution in [-0.2, 0) is 16.0 Å². The van der Waals surface area contributed by atoms with Crippen LogP contribution in [0.4, 0.5) is 15.3 Å². The zero-order chi connectivity index (χ0) is 26.8. The van der Waals surface area contributed by atoms with Crippen LogP contribution in [0.3, 0.4) is 0 Å². The maximum absolute atomic E-state index is 13.3. The molecule has 0 aliphatic rings. The Morgan fingerprint density at radius 3 is 2.36 bits per heavy atom. The SMILES string of the molecule is Cc1c(C(=O)[C@H](C)NC(=O)OC(C)(C)C)sc2c(N(Cc3cccs3)C(=O)OC(C)(C)C)cnnc12. The van der Waals surface area contributed by atoms with Gasteiger partial charge in [-0.3, -0.25) is 9.69 Å². The molecule has 0 bridgehead atoms. The first-order valence-corrected chi connectivity index (χ1v) is 13.2. The minimum Gasteiger partial charge on any atom is -0.444 e. The van der Waals surface area contributed by atoms with Crippen molar-refractivity contribution in [3.63, 3.8) is 0 Å². The van der Waals surface area contributed by atoms with E-state index in [1.807, 2.05) is 17.5 Å². The topological polar surface area (TPSA) is 111 Å². The van der Waals surface area contributed by atoms with Gasteiger partial charge in [0.05, 0.1) is 34.0 Å². The van der Waals surface area contributed by atoms with Crippen LogP contribution >= 0.6 is 22.7 Å². The van der Waals surface area contributed by atoms with Gasteiger partial charge < -0.3 is 14.8 Å². The fraction of sp³-hybridized carbons (Fsp3) is 0.480. The van der Waals surface area contributed by atoms with Gasteiger partial charge in [-0.2, -0.15) is 5.10 Å². The van der Waals surface area contributed by atoms with Gasteiger partial charge in [0.1, 0.15) is 16.7 Å². The summed E-state index contributed by atoms with van der Waals surface area (Å²) in [6, 6.07) is 3.03. The number of hydrogen-bond donors (Lipinski definition) is 1. The van der Waals surface area contributed by atoms with E-state index in [4.69, 9.17) is 9.47 Å². The lowest BCUT2D eigenvalue weighted by Crippen LogP contribution is -2.41. The number of nitrogens with zero attached hydrogens (tertiary/aromatic N) is 3. The maximum atomic E-state index is 13.3. The number of anilines is 1. The molecule has 9 nitrogen and oxygen atoms in total. The minimum atomic E-state index is -0.823. The van der Waals surface area contributed by atoms with Crippen LogP contribution in [0.2, 0.25) is 0 Å². The van der Waals surface area contributed by atoms with Crippen LogP contribution in [0.5, 0.6) is 0 Å². The third kappa shape index (κ3) is 6.79. The number of rotatable bonds is 6. The molecular formula is C25H32N4O5S2. The minimum absolute atomic E-state index is 0.282. The van der Waals surface area contributed by atoms with Crippen molar-refractivity contribution in [2.24, 2.45) is 0 Å². The molecule has 0 unspecified atom stereocenters. The predicted molar refractivity (Wildman–Crippen MR) is 142 cm³/mol. The monoisotopic (exact) mass is 532 g/mol. The first kappa shape index (κ1) is 27.5. The molecule has 0 saturated carbocycles. The van der Waals surface area contributed by atoms with Gasteiger partial charge in [-0.15, -0.1) is 27.8 Å². The molecule has 2 amide bonds. The normalized spacial score (nSPS) is 12.8. The molecule has 36 heavy (non-hydrogen) atoms. The average Bonchev–Trinajstić information content (AvgIpc) is 3.36. The lowest BCUT2D eigenvalue weighted by Gasteiger charge is -2.27. The number of carbonyl (C=O) groups excluding carboxylic acids is 3. The Bertz CT molecular complexity index is 1260. The molecule has 3 heterocycles. The molecule has 0 fully saturated rings. The molecule has 1 N–H and O–H groups in total. The van der Waals surface area contributed by atoms with Crippen molar-refractivity contribution >= 4 is 56.5 Å². The van der Waals surface area contributed by atoms with Gasteiger partial charge in [-0.25, -0.2) is 9.59 Å². The molecule has 3 aromatic heterocycles. The van der Waals surface area contributed by atoms with Gasteiger partial charge >= 0.3 is 12.2 Å². The number of nitrogens with one attached hydrogen (secondary N) is 1. The Kier molecular flexibility index (Phi) is 8.04. The number of aromatic nitrogens is 2. The second-order valence-electron chi connectivity index (χ2n) is 10.3. The van der Waals surface area contributed by atoms with E-state index >= 15 is 0 Å². The number of thiophene rings is 2. The number of alkyl carbamates (subject to hydrolysis) is 1. The molecule has 1 atom stereocenters. The molecule has 0 aliphatic heterocycles. The Balaban J connectivity index is 1.99. The molecule has 3 aromatic rings. The second-order valence-corrected chi connectivity index (χ2v) is 12.4. The average molecular weight is 533 g/mol. The molecule has 3 rings (SSSR count). The van der Waals surface area contributed by atoms with E-state index in [1.54, 1.807) is 55.4 Å². The quantitative estimate of drug-likeness (QED) is 0.382. The van der Waals surface area contributed by atoms with Crippen molar-refractivity contribution in [2.75, 3.05) is 4.90 Å². The first-order valence-electron chi connectivity index (χ1n) is 11.5. The van der Waals surface area contributed by atoms with Crippen molar-refractivity contribution in [3.8, 4) is 0 Å². The number of hydrogen-bond acceptors (Lipinski definition) is 9. The highest BCUT2D eigenvalue weighted by Gasteiger charge is 2.30. The molecule has 0 saturated heterocycles. The summed E-state index contributed by atoms with van der Waals surface area (Å²) >= 11 is 2.74. The molecule has 0 aromatic carbocycles. The molecular weight excluding hydrogens is 500 g/mol. The van der Waals surface area contributed by atoms with Crippen LogP contribution in [-0.4, -0.2) is 45.4 Å². The van der Waals surface area contributed by atoms with Crippen LogP contribution in [0.15, 0.2) is 23.7 Å². The van der Waals surface area contributed by atoms with Gasteiger partial charge in [-0.05, 0) is 72.4 Å². The van der Waals surface area contributed by atoms with Crippen molar-refractivity contribution in [2.45, 2.75) is 79.2 Å². The van der Waals surface area contributed by atoms with E-state index in [-0.39, 0.29) is 12.3 Å². The molecule has 194 valence electrons. The fourth-order valence-corrected chi connectivity index (χ4v) is 5.28. The largest absolute Gasteiger partial charge is 0.444 e. The number of ketones is 1. The number of ether oxygens (including phenoxy) is 2. The van der Waals surface area contributed by atoms with Crippen LogP contribution in [0, 0.1) is 6.92 Å². The molecule has 0 aliphatic carbocycles. The van der Waals surface area contributed by atoms with E-state index in [2.05, 4.69) is 15.5 Å². The van der Waals surface area contributed by atoms with Crippen LogP contribution in [0.25, 0.3) is 10.2 Å². The summed E-state index contributed by atoms with van der Waals surface area (Å²) in [5, 5.41) is 12.9. The second kappa shape index (κ2) is 10.5. The van der Waals surface area contributed by atoms with Gasteiger partial charge in [0.2, 0.25) is 0 Å². The van der Waals surface area contributed by atoms with Gasteiger partial charge in [-0.1, -0.05) is 6.07 Å². The Morgan fingerprint density at radius 2 is 1.78 bits per heavy atom. The summed E-state index contributed by atoms with van der Waals surface area (Å²) in [7, 11) is 0. The van der Waals surface area contributed by atoms with Crippen molar-refractivity contribution < 1.29 is 23.9 Å². The van der Waals surface area contributed by atoms with Crippen molar-refractivity contribution in [3.05, 3.63) is 39.0 Å². The maximum Gasteiger partial charge on any atom is 0.415 e. The van der Waals surface area contributed by atoms with Crippen molar-refractivity contribution in [1.82, 2.24) is 15.5 Å². The fourth-order valence-electron chi connectivity index (χ4n) is 3.30. The van der Waals surface area contributed by atoms with E-state index in [0.29, 0.717) is 26.3 Å². The third-order valence-corrected chi connectivity index (χ3v) is 7.01. The summed E-state index contributed by atoms with van der Waals surface area (Å²) in [4.78, 5) is 41.6. The highest BCUT2D eigenvalue weighted by atomic mass is 32.1. The van der Waals surface area contributed by atoms with Gasteiger partial charge in [0.25, 0.3) is 0 Å². The number of Topliss-reactive ketones (excluding diaryl/α,β-unsaturated/α-hetero) is 1. The lowest BCUT2D eigenvalue weighted by atomic mass is 10.1.